The number of nitrogens with zero attached hydrogens (tertiary/aromatic N) is 2. The quantitative estimate of drug-likeness (QED) is 0.533. The number of fused-ring (bicyclic) bond motifs is 5. The molecule has 6 heteroatoms. The van der Waals surface area contributed by atoms with Crippen LogP contribution in [0.25, 0.3) is 22.2 Å². The Labute approximate surface area is 211 Å². The molecule has 3 heterocycles. The van der Waals surface area contributed by atoms with Gasteiger partial charge >= 0.3 is 5.97 Å². The van der Waals surface area contributed by atoms with E-state index in [4.69, 9.17) is 4.74 Å². The molecule has 1 atom stereocenters. The van der Waals surface area contributed by atoms with Crippen LogP contribution >= 0.6 is 0 Å². The molecule has 36 heavy (non-hydrogen) atoms. The maximum absolute atomic E-state index is 14.0. The third-order valence-corrected chi connectivity index (χ3v) is 8.54. The summed E-state index contributed by atoms with van der Waals surface area (Å²) in [6, 6.07) is 14.1. The normalized spacial score (nSPS) is 22.6. The highest BCUT2D eigenvalue weighted by atomic mass is 16.5. The molecule has 1 N–H and O–H groups in total. The molecule has 188 valence electrons. The van der Waals surface area contributed by atoms with E-state index in [1.165, 1.54) is 41.6 Å². The van der Waals surface area contributed by atoms with Crippen molar-refractivity contribution in [2.75, 3.05) is 26.3 Å². The Morgan fingerprint density at radius 3 is 2.53 bits per heavy atom. The zero-order valence-corrected chi connectivity index (χ0v) is 21.0. The van der Waals surface area contributed by atoms with Crippen molar-refractivity contribution in [1.82, 2.24) is 9.47 Å². The molecule has 1 amide bonds. The van der Waals surface area contributed by atoms with Crippen LogP contribution in [-0.2, 0) is 22.5 Å². The highest BCUT2D eigenvalue weighted by Gasteiger charge is 2.42. The van der Waals surface area contributed by atoms with Crippen LogP contribution in [-0.4, -0.2) is 52.8 Å². The summed E-state index contributed by atoms with van der Waals surface area (Å²) < 4.78 is 7.80. The molecule has 1 saturated heterocycles. The molecule has 0 bridgehead atoms. The molecule has 2 fully saturated rings. The highest BCUT2D eigenvalue weighted by molar-refractivity contribution is 5.99. The lowest BCUT2D eigenvalue weighted by atomic mass is 9.79. The zero-order valence-electron chi connectivity index (χ0n) is 21.0. The fourth-order valence-electron chi connectivity index (χ4n) is 6.79. The van der Waals surface area contributed by atoms with Crippen molar-refractivity contribution in [2.45, 2.75) is 57.9 Å². The van der Waals surface area contributed by atoms with Gasteiger partial charge in [0.1, 0.15) is 0 Å². The van der Waals surface area contributed by atoms with Crippen molar-refractivity contribution in [2.24, 2.45) is 5.41 Å². The first-order valence-corrected chi connectivity index (χ1v) is 13.3. The van der Waals surface area contributed by atoms with Crippen molar-refractivity contribution in [3.8, 4) is 11.3 Å². The lowest BCUT2D eigenvalue weighted by Gasteiger charge is -2.36. The Morgan fingerprint density at radius 2 is 1.78 bits per heavy atom. The van der Waals surface area contributed by atoms with Crippen molar-refractivity contribution in [1.29, 1.82) is 0 Å². The van der Waals surface area contributed by atoms with E-state index in [2.05, 4.69) is 35.8 Å². The highest BCUT2D eigenvalue weighted by Crippen LogP contribution is 2.48. The molecule has 1 saturated carbocycles. The predicted molar refractivity (Wildman–Crippen MR) is 139 cm³/mol. The number of morpholine rings is 1. The van der Waals surface area contributed by atoms with Gasteiger partial charge < -0.3 is 19.3 Å². The van der Waals surface area contributed by atoms with E-state index >= 15 is 0 Å². The van der Waals surface area contributed by atoms with Crippen LogP contribution in [0.2, 0.25) is 0 Å². The van der Waals surface area contributed by atoms with Crippen LogP contribution in [0.4, 0.5) is 0 Å². The summed E-state index contributed by atoms with van der Waals surface area (Å²) in [5.74, 6) is -0.322. The molecule has 6 rings (SSSR count). The molecule has 0 radical (unpaired) electrons. The van der Waals surface area contributed by atoms with Crippen LogP contribution in [0, 0.1) is 5.41 Å². The maximum Gasteiger partial charge on any atom is 0.335 e. The molecule has 3 aliphatic rings. The molecule has 0 spiro atoms. The minimum atomic E-state index is -0.923. The Hall–Kier alpha value is -3.12. The first-order chi connectivity index (χ1) is 17.5. The average molecular weight is 487 g/mol. The summed E-state index contributed by atoms with van der Waals surface area (Å²) in [5, 5.41) is 10.9. The SMILES string of the molecule is CC1(C(=O)N2CCOCC2)Cc2ccccc2-c2c(C3CCCCC3)c3ccc(C(=O)O)cc3n2C1. The molecule has 1 unspecified atom stereocenters. The number of carbonyl (C=O) groups excluding carboxylic acids is 1. The number of carbonyl (C=O) groups is 2. The maximum atomic E-state index is 14.0. The minimum absolute atomic E-state index is 0.156. The second kappa shape index (κ2) is 9.07. The van der Waals surface area contributed by atoms with E-state index in [1.807, 2.05) is 17.0 Å². The van der Waals surface area contributed by atoms with Gasteiger partial charge in [0.15, 0.2) is 0 Å². The summed E-state index contributed by atoms with van der Waals surface area (Å²) in [7, 11) is 0. The largest absolute Gasteiger partial charge is 0.478 e. The number of carboxylic acid groups (broad SMARTS) is 1. The molecule has 1 aromatic heterocycles. The van der Waals surface area contributed by atoms with Crippen LogP contribution in [0.5, 0.6) is 0 Å². The van der Waals surface area contributed by atoms with Gasteiger partial charge in [0.05, 0.1) is 29.9 Å². The van der Waals surface area contributed by atoms with E-state index in [0.717, 1.165) is 23.7 Å². The number of aromatic carboxylic acids is 1. The second-order valence-corrected chi connectivity index (χ2v) is 11.0. The Kier molecular flexibility index (Phi) is 5.87. The van der Waals surface area contributed by atoms with Crippen LogP contribution in [0.1, 0.15) is 66.4 Å². The number of rotatable bonds is 3. The van der Waals surface area contributed by atoms with E-state index in [1.54, 1.807) is 6.07 Å². The number of hydrogen-bond acceptors (Lipinski definition) is 3. The van der Waals surface area contributed by atoms with Gasteiger partial charge in [-0.05, 0) is 55.4 Å². The summed E-state index contributed by atoms with van der Waals surface area (Å²) >= 11 is 0. The number of carboxylic acids is 1. The van der Waals surface area contributed by atoms with E-state index in [9.17, 15) is 14.7 Å². The van der Waals surface area contributed by atoms with E-state index in [0.29, 0.717) is 45.2 Å². The summed E-state index contributed by atoms with van der Waals surface area (Å²) in [6.45, 7) is 4.99. The third-order valence-electron chi connectivity index (χ3n) is 8.54. The Balaban J connectivity index is 1.60. The molecular weight excluding hydrogens is 452 g/mol. The first kappa shape index (κ1) is 23.3. The Bertz CT molecular complexity index is 1330. The van der Waals surface area contributed by atoms with Crippen LogP contribution < -0.4 is 0 Å². The Morgan fingerprint density at radius 1 is 1.03 bits per heavy atom. The fourth-order valence-corrected chi connectivity index (χ4v) is 6.79. The van der Waals surface area contributed by atoms with Crippen LogP contribution in [0.3, 0.4) is 0 Å². The number of hydrogen-bond donors (Lipinski definition) is 1. The number of benzene rings is 2. The van der Waals surface area contributed by atoms with Gasteiger partial charge in [-0.15, -0.1) is 0 Å². The lowest BCUT2D eigenvalue weighted by molar-refractivity contribution is -0.146. The first-order valence-electron chi connectivity index (χ1n) is 13.3. The van der Waals surface area contributed by atoms with Gasteiger partial charge in [-0.2, -0.15) is 0 Å². The second-order valence-electron chi connectivity index (χ2n) is 11.0. The lowest BCUT2D eigenvalue weighted by Crippen LogP contribution is -2.49. The van der Waals surface area contributed by atoms with Crippen molar-refractivity contribution >= 4 is 22.8 Å². The van der Waals surface area contributed by atoms with E-state index in [-0.39, 0.29) is 11.5 Å². The molecule has 1 aliphatic carbocycles. The number of amides is 1. The summed E-state index contributed by atoms with van der Waals surface area (Å²) in [5.41, 5.74) is 5.49. The van der Waals surface area contributed by atoms with Crippen molar-refractivity contribution < 1.29 is 19.4 Å². The summed E-state index contributed by atoms with van der Waals surface area (Å²) in [4.78, 5) is 27.9. The number of ether oxygens (including phenoxy) is 1. The van der Waals surface area contributed by atoms with Gasteiger partial charge in [-0.25, -0.2) is 4.79 Å². The van der Waals surface area contributed by atoms with Gasteiger partial charge in [-0.1, -0.05) is 49.6 Å². The van der Waals surface area contributed by atoms with Crippen LogP contribution in [0.15, 0.2) is 42.5 Å². The van der Waals surface area contributed by atoms with Gasteiger partial charge in [-0.3, -0.25) is 4.79 Å². The third kappa shape index (κ3) is 3.83. The monoisotopic (exact) mass is 486 g/mol. The van der Waals surface area contributed by atoms with Crippen molar-refractivity contribution in [3.05, 3.63) is 59.2 Å². The zero-order chi connectivity index (χ0) is 24.9. The molecule has 3 aromatic rings. The summed E-state index contributed by atoms with van der Waals surface area (Å²) in [6.07, 6.45) is 6.68. The molecule has 6 nitrogen and oxygen atoms in total. The predicted octanol–water partition coefficient (Wildman–Crippen LogP) is 5.48. The fraction of sp³-hybridized carbons (Fsp3) is 0.467. The standard InChI is InChI=1S/C30H34N2O4/c1-30(29(35)31-13-15-36-16-14-31)18-22-9-5-6-10-23(22)27-26(20-7-3-2-4-8-20)24-12-11-21(28(33)34)17-25(24)32(27)19-30/h5-6,9-12,17,20H,2-4,7-8,13-16,18-19H2,1H3,(H,33,34). The van der Waals surface area contributed by atoms with Crippen molar-refractivity contribution in [3.63, 3.8) is 0 Å². The molecule has 2 aliphatic heterocycles. The minimum Gasteiger partial charge on any atom is -0.478 e. The average Bonchev–Trinajstić information content (AvgIpc) is 3.14. The number of aromatic nitrogens is 1. The smallest absolute Gasteiger partial charge is 0.335 e. The molecule has 2 aromatic carbocycles. The van der Waals surface area contributed by atoms with Gasteiger partial charge in [0, 0.05) is 36.1 Å². The van der Waals surface area contributed by atoms with Gasteiger partial charge in [0.25, 0.3) is 0 Å². The molecular formula is C30H34N2O4. The topological polar surface area (TPSA) is 71.8 Å². The van der Waals surface area contributed by atoms with E-state index < -0.39 is 11.4 Å². The van der Waals surface area contributed by atoms with Gasteiger partial charge in [0.2, 0.25) is 5.91 Å².